The van der Waals surface area contributed by atoms with Crippen LogP contribution >= 0.6 is 0 Å². The standard InChI is InChI=1S/C16H15FO3/c17-14-6-4-5-13(11-14)16(18)12-19-9-10-20-15-7-2-1-3-8-15/h1-8,11H,9-10,12H2. The van der Waals surface area contributed by atoms with E-state index >= 15 is 0 Å². The molecule has 0 heterocycles. The first-order chi connectivity index (χ1) is 9.75. The molecular formula is C16H15FO3. The van der Waals surface area contributed by atoms with Crippen molar-refractivity contribution in [2.24, 2.45) is 0 Å². The van der Waals surface area contributed by atoms with Crippen molar-refractivity contribution in [3.8, 4) is 5.75 Å². The highest BCUT2D eigenvalue weighted by molar-refractivity contribution is 5.97. The Kier molecular flexibility index (Phi) is 5.26. The largest absolute Gasteiger partial charge is 0.491 e. The third kappa shape index (κ3) is 4.48. The molecule has 0 bridgehead atoms. The van der Waals surface area contributed by atoms with Crippen LogP contribution in [0.2, 0.25) is 0 Å². The fourth-order valence-corrected chi connectivity index (χ4v) is 1.65. The third-order valence-electron chi connectivity index (χ3n) is 2.62. The maximum absolute atomic E-state index is 12.9. The van der Waals surface area contributed by atoms with Crippen molar-refractivity contribution in [2.45, 2.75) is 0 Å². The number of hydrogen-bond acceptors (Lipinski definition) is 3. The monoisotopic (exact) mass is 274 g/mol. The van der Waals surface area contributed by atoms with Gasteiger partial charge in [-0.2, -0.15) is 0 Å². The minimum absolute atomic E-state index is 0.0817. The number of carbonyl (C=O) groups excluding carboxylic acids is 1. The number of halogens is 1. The first-order valence-electron chi connectivity index (χ1n) is 6.30. The third-order valence-corrected chi connectivity index (χ3v) is 2.62. The summed E-state index contributed by atoms with van der Waals surface area (Å²) >= 11 is 0. The molecule has 0 radical (unpaired) electrons. The lowest BCUT2D eigenvalue weighted by Crippen LogP contribution is -2.13. The molecule has 0 spiro atoms. The quantitative estimate of drug-likeness (QED) is 0.575. The molecule has 0 saturated carbocycles. The van der Waals surface area contributed by atoms with Crippen LogP contribution < -0.4 is 4.74 Å². The van der Waals surface area contributed by atoms with Crippen molar-refractivity contribution >= 4 is 5.78 Å². The van der Waals surface area contributed by atoms with E-state index in [-0.39, 0.29) is 12.4 Å². The summed E-state index contributed by atoms with van der Waals surface area (Å²) in [5.41, 5.74) is 0.314. The van der Waals surface area contributed by atoms with Gasteiger partial charge in [0.25, 0.3) is 0 Å². The van der Waals surface area contributed by atoms with Gasteiger partial charge >= 0.3 is 0 Å². The molecule has 2 rings (SSSR count). The Morgan fingerprint density at radius 1 is 1.00 bits per heavy atom. The Balaban J connectivity index is 1.67. The zero-order valence-corrected chi connectivity index (χ0v) is 10.9. The summed E-state index contributed by atoms with van der Waals surface area (Å²) in [6.45, 7) is 0.581. The van der Waals surface area contributed by atoms with E-state index in [1.807, 2.05) is 30.3 Å². The Labute approximate surface area is 117 Å². The fraction of sp³-hybridized carbons (Fsp3) is 0.188. The molecule has 2 aromatic carbocycles. The van der Waals surface area contributed by atoms with E-state index in [9.17, 15) is 9.18 Å². The Morgan fingerprint density at radius 3 is 2.55 bits per heavy atom. The zero-order chi connectivity index (χ0) is 14.2. The minimum atomic E-state index is -0.428. The smallest absolute Gasteiger partial charge is 0.188 e. The number of para-hydroxylation sites is 1. The summed E-state index contributed by atoms with van der Waals surface area (Å²) in [6.07, 6.45) is 0. The van der Waals surface area contributed by atoms with Crippen molar-refractivity contribution in [1.82, 2.24) is 0 Å². The van der Waals surface area contributed by atoms with E-state index in [1.54, 1.807) is 6.07 Å². The summed E-state index contributed by atoms with van der Waals surface area (Å²) in [4.78, 5) is 11.7. The summed E-state index contributed by atoms with van der Waals surface area (Å²) < 4.78 is 23.6. The lowest BCUT2D eigenvalue weighted by Gasteiger charge is -2.06. The van der Waals surface area contributed by atoms with Crippen molar-refractivity contribution in [2.75, 3.05) is 19.8 Å². The molecule has 0 unspecified atom stereocenters. The summed E-state index contributed by atoms with van der Waals surface area (Å²) in [6, 6.07) is 14.9. The molecule has 0 aliphatic rings. The lowest BCUT2D eigenvalue weighted by atomic mass is 10.1. The molecule has 0 aliphatic heterocycles. The molecule has 0 saturated heterocycles. The molecule has 0 N–H and O–H groups in total. The van der Waals surface area contributed by atoms with Gasteiger partial charge in [0.1, 0.15) is 24.8 Å². The molecule has 0 aromatic heterocycles. The van der Waals surface area contributed by atoms with Crippen LogP contribution in [-0.4, -0.2) is 25.6 Å². The molecule has 0 fully saturated rings. The number of ketones is 1. The van der Waals surface area contributed by atoms with Crippen molar-refractivity contribution in [3.63, 3.8) is 0 Å². The molecule has 0 atom stereocenters. The van der Waals surface area contributed by atoms with Gasteiger partial charge in [-0.15, -0.1) is 0 Å². The van der Waals surface area contributed by atoms with Crippen LogP contribution in [0.15, 0.2) is 54.6 Å². The first kappa shape index (κ1) is 14.2. The van der Waals surface area contributed by atoms with E-state index in [4.69, 9.17) is 9.47 Å². The van der Waals surface area contributed by atoms with Gasteiger partial charge in [-0.1, -0.05) is 30.3 Å². The fourth-order valence-electron chi connectivity index (χ4n) is 1.65. The zero-order valence-electron chi connectivity index (χ0n) is 10.9. The normalized spacial score (nSPS) is 10.2. The highest BCUT2D eigenvalue weighted by atomic mass is 19.1. The van der Waals surface area contributed by atoms with E-state index in [1.165, 1.54) is 18.2 Å². The number of carbonyl (C=O) groups is 1. The average molecular weight is 274 g/mol. The second kappa shape index (κ2) is 7.40. The molecule has 0 aliphatic carbocycles. The Bertz CT molecular complexity index is 555. The van der Waals surface area contributed by atoms with Crippen LogP contribution in [0, 0.1) is 5.82 Å². The van der Waals surface area contributed by atoms with Crippen molar-refractivity contribution in [3.05, 3.63) is 66.0 Å². The van der Waals surface area contributed by atoms with E-state index in [0.717, 1.165) is 5.75 Å². The Morgan fingerprint density at radius 2 is 1.80 bits per heavy atom. The SMILES string of the molecule is O=C(COCCOc1ccccc1)c1cccc(F)c1. The highest BCUT2D eigenvalue weighted by Crippen LogP contribution is 2.08. The van der Waals surface area contributed by atoms with Gasteiger partial charge in [-0.25, -0.2) is 4.39 Å². The van der Waals surface area contributed by atoms with Gasteiger partial charge in [0.05, 0.1) is 6.61 Å². The lowest BCUT2D eigenvalue weighted by molar-refractivity contribution is 0.0687. The van der Waals surface area contributed by atoms with E-state index in [2.05, 4.69) is 0 Å². The van der Waals surface area contributed by atoms with Crippen LogP contribution in [0.3, 0.4) is 0 Å². The second-order valence-corrected chi connectivity index (χ2v) is 4.15. The van der Waals surface area contributed by atoms with Gasteiger partial charge < -0.3 is 9.47 Å². The predicted molar refractivity (Wildman–Crippen MR) is 73.5 cm³/mol. The average Bonchev–Trinajstić information content (AvgIpc) is 2.48. The topological polar surface area (TPSA) is 35.5 Å². The maximum atomic E-state index is 12.9. The van der Waals surface area contributed by atoms with Gasteiger partial charge in [-0.05, 0) is 24.3 Å². The minimum Gasteiger partial charge on any atom is -0.491 e. The van der Waals surface area contributed by atoms with Crippen LogP contribution in [-0.2, 0) is 4.74 Å². The molecule has 104 valence electrons. The van der Waals surface area contributed by atoms with Gasteiger partial charge in [-0.3, -0.25) is 4.79 Å². The van der Waals surface area contributed by atoms with E-state index in [0.29, 0.717) is 18.8 Å². The summed E-state index contributed by atoms with van der Waals surface area (Å²) in [5, 5.41) is 0. The predicted octanol–water partition coefficient (Wildman–Crippen LogP) is 3.10. The van der Waals surface area contributed by atoms with Crippen LogP contribution in [0.5, 0.6) is 5.75 Å². The van der Waals surface area contributed by atoms with Gasteiger partial charge in [0.15, 0.2) is 5.78 Å². The summed E-state index contributed by atoms with van der Waals surface area (Å²) in [5.74, 6) is 0.0834. The number of hydrogen-bond donors (Lipinski definition) is 0. The van der Waals surface area contributed by atoms with Gasteiger partial charge in [0.2, 0.25) is 0 Å². The highest BCUT2D eigenvalue weighted by Gasteiger charge is 2.06. The van der Waals surface area contributed by atoms with Crippen molar-refractivity contribution < 1.29 is 18.7 Å². The van der Waals surface area contributed by atoms with Crippen LogP contribution in [0.4, 0.5) is 4.39 Å². The second-order valence-electron chi connectivity index (χ2n) is 4.15. The summed E-state index contributed by atoms with van der Waals surface area (Å²) in [7, 11) is 0. The molecular weight excluding hydrogens is 259 g/mol. The van der Waals surface area contributed by atoms with E-state index < -0.39 is 5.82 Å². The molecule has 4 heteroatoms. The molecule has 2 aromatic rings. The number of rotatable bonds is 7. The number of Topliss-reactive ketones (excluding diaryl/α,β-unsaturated/α-hetero) is 1. The number of ether oxygens (including phenoxy) is 2. The first-order valence-corrected chi connectivity index (χ1v) is 6.30. The van der Waals surface area contributed by atoms with Gasteiger partial charge in [0, 0.05) is 5.56 Å². The van der Waals surface area contributed by atoms with Crippen LogP contribution in [0.25, 0.3) is 0 Å². The Hall–Kier alpha value is -2.20. The molecule has 20 heavy (non-hydrogen) atoms. The molecule has 3 nitrogen and oxygen atoms in total. The maximum Gasteiger partial charge on any atom is 0.188 e. The number of benzene rings is 2. The van der Waals surface area contributed by atoms with Crippen LogP contribution in [0.1, 0.15) is 10.4 Å². The van der Waals surface area contributed by atoms with Crippen molar-refractivity contribution in [1.29, 1.82) is 0 Å². The molecule has 0 amide bonds.